The van der Waals surface area contributed by atoms with Crippen molar-refractivity contribution in [1.82, 2.24) is 10.2 Å². The number of rotatable bonds is 10. The molecular weight excluding hydrogens is 384 g/mol. The Bertz CT molecular complexity index is 401. The van der Waals surface area contributed by atoms with Crippen LogP contribution in [0.15, 0.2) is 0 Å². The number of carboxylic acids is 1. The number of nitrogens with one attached hydrogen (secondary N) is 1. The van der Waals surface area contributed by atoms with Crippen LogP contribution in [0.4, 0.5) is 0 Å². The van der Waals surface area contributed by atoms with Gasteiger partial charge < -0.3 is 20.6 Å². The summed E-state index contributed by atoms with van der Waals surface area (Å²) < 4.78 is 0. The standard InChI is InChI=1S/C16H28N3O4.Rb/c1-2-3-4-9-18-14(20)5-6-15(21)19(12-16(22)23)13-7-10-17-11-8-13;/h13H,2-12H2,1H3,(H,18,20)(H,22,23);/q-1;+1. The first-order chi connectivity index (χ1) is 11.0. The van der Waals surface area contributed by atoms with Crippen molar-refractivity contribution in [3.8, 4) is 0 Å². The fraction of sp³-hybridized carbons (Fsp3) is 0.812. The van der Waals surface area contributed by atoms with Crippen LogP contribution in [-0.2, 0) is 14.4 Å². The van der Waals surface area contributed by atoms with Crippen LogP contribution in [0.2, 0.25) is 0 Å². The first-order valence-corrected chi connectivity index (χ1v) is 8.45. The number of hydrogen-bond donors (Lipinski definition) is 2. The van der Waals surface area contributed by atoms with Gasteiger partial charge in [-0.2, -0.15) is 0 Å². The van der Waals surface area contributed by atoms with E-state index in [0.717, 1.165) is 19.3 Å². The number of hydrogen-bond acceptors (Lipinski definition) is 3. The minimum Gasteiger partial charge on any atom is -0.662 e. The predicted octanol–water partition coefficient (Wildman–Crippen LogP) is -1.47. The van der Waals surface area contributed by atoms with Crippen LogP contribution < -0.4 is 63.5 Å². The van der Waals surface area contributed by atoms with Crippen LogP contribution in [0.3, 0.4) is 0 Å². The summed E-state index contributed by atoms with van der Waals surface area (Å²) in [6, 6.07) is -0.0799. The molecule has 0 saturated carbocycles. The van der Waals surface area contributed by atoms with Gasteiger partial charge >= 0.3 is 64.2 Å². The Morgan fingerprint density at radius 1 is 1.17 bits per heavy atom. The van der Waals surface area contributed by atoms with E-state index in [4.69, 9.17) is 5.11 Å². The molecule has 0 aromatic carbocycles. The second-order valence-corrected chi connectivity index (χ2v) is 5.87. The van der Waals surface area contributed by atoms with Crippen LogP contribution in [-0.4, -0.2) is 60.0 Å². The zero-order chi connectivity index (χ0) is 17.1. The molecule has 2 amide bonds. The van der Waals surface area contributed by atoms with Gasteiger partial charge in [0.05, 0.1) is 0 Å². The van der Waals surface area contributed by atoms with Gasteiger partial charge in [0, 0.05) is 25.4 Å². The molecule has 0 aromatic heterocycles. The Morgan fingerprint density at radius 2 is 1.83 bits per heavy atom. The molecular formula is C16H28N3O4Rb. The number of piperidine rings is 1. The van der Waals surface area contributed by atoms with Gasteiger partial charge in [-0.25, -0.2) is 0 Å². The van der Waals surface area contributed by atoms with Gasteiger partial charge in [0.1, 0.15) is 6.54 Å². The summed E-state index contributed by atoms with van der Waals surface area (Å²) in [6.07, 6.45) is 4.65. The monoisotopic (exact) mass is 411 g/mol. The predicted molar refractivity (Wildman–Crippen MR) is 87.2 cm³/mol. The van der Waals surface area contributed by atoms with Gasteiger partial charge in [-0.05, 0) is 6.42 Å². The average molecular weight is 412 g/mol. The van der Waals surface area contributed by atoms with Crippen molar-refractivity contribution in [3.05, 3.63) is 5.32 Å². The maximum atomic E-state index is 12.3. The molecule has 0 aliphatic carbocycles. The van der Waals surface area contributed by atoms with Crippen LogP contribution in [0.25, 0.3) is 5.32 Å². The van der Waals surface area contributed by atoms with E-state index in [-0.39, 0.29) is 95.4 Å². The summed E-state index contributed by atoms with van der Waals surface area (Å²) in [4.78, 5) is 36.4. The molecule has 0 aromatic rings. The fourth-order valence-electron chi connectivity index (χ4n) is 2.67. The molecule has 132 valence electrons. The van der Waals surface area contributed by atoms with E-state index in [9.17, 15) is 14.4 Å². The smallest absolute Gasteiger partial charge is 0.662 e. The summed E-state index contributed by atoms with van der Waals surface area (Å²) in [5, 5.41) is 16.0. The third-order valence-electron chi connectivity index (χ3n) is 3.98. The SMILES string of the molecule is CCCCCNC(=O)CCC(=O)N(CC(=O)O)C1CC[N-]CC1.[Rb+]. The molecule has 1 saturated heterocycles. The largest absolute Gasteiger partial charge is 1.00 e. The molecule has 7 nitrogen and oxygen atoms in total. The van der Waals surface area contributed by atoms with Crippen molar-refractivity contribution < 1.29 is 77.7 Å². The van der Waals surface area contributed by atoms with E-state index in [0.29, 0.717) is 32.5 Å². The zero-order valence-corrected chi connectivity index (χ0v) is 19.8. The molecule has 1 heterocycles. The number of carbonyl (C=O) groups is 3. The van der Waals surface area contributed by atoms with Crippen molar-refractivity contribution in [2.45, 2.75) is 57.9 Å². The van der Waals surface area contributed by atoms with Crippen LogP contribution in [0.1, 0.15) is 51.9 Å². The first-order valence-electron chi connectivity index (χ1n) is 8.45. The quantitative estimate of drug-likeness (QED) is 0.428. The van der Waals surface area contributed by atoms with E-state index in [1.807, 2.05) is 0 Å². The molecule has 1 aliphatic rings. The molecule has 0 radical (unpaired) electrons. The fourth-order valence-corrected chi connectivity index (χ4v) is 2.67. The Labute approximate surface area is 193 Å². The maximum Gasteiger partial charge on any atom is 1.00 e. The second-order valence-electron chi connectivity index (χ2n) is 5.87. The number of carbonyl (C=O) groups excluding carboxylic acids is 2. The maximum absolute atomic E-state index is 12.3. The molecule has 0 bridgehead atoms. The molecule has 1 rings (SSSR count). The van der Waals surface area contributed by atoms with Crippen LogP contribution in [0.5, 0.6) is 0 Å². The van der Waals surface area contributed by atoms with E-state index in [1.54, 1.807) is 0 Å². The van der Waals surface area contributed by atoms with Gasteiger partial charge in [-0.15, -0.1) is 13.1 Å². The van der Waals surface area contributed by atoms with E-state index in [1.165, 1.54) is 4.90 Å². The molecule has 1 fully saturated rings. The zero-order valence-electron chi connectivity index (χ0n) is 14.9. The third-order valence-corrected chi connectivity index (χ3v) is 3.98. The number of nitrogens with zero attached hydrogens (tertiary/aromatic N) is 2. The minimum atomic E-state index is -1.02. The molecule has 0 atom stereocenters. The third kappa shape index (κ3) is 10.2. The molecule has 24 heavy (non-hydrogen) atoms. The van der Waals surface area contributed by atoms with Gasteiger partial charge in [-0.1, -0.05) is 32.6 Å². The Morgan fingerprint density at radius 3 is 2.42 bits per heavy atom. The van der Waals surface area contributed by atoms with Gasteiger partial charge in [0.2, 0.25) is 11.8 Å². The molecule has 0 unspecified atom stereocenters. The number of carboxylic acid groups (broad SMARTS) is 1. The Balaban J connectivity index is 0.00000529. The summed E-state index contributed by atoms with van der Waals surface area (Å²) in [6.45, 7) is 3.74. The van der Waals surface area contributed by atoms with Crippen LogP contribution >= 0.6 is 0 Å². The van der Waals surface area contributed by atoms with Crippen molar-refractivity contribution in [2.75, 3.05) is 26.2 Å². The summed E-state index contributed by atoms with van der Waals surface area (Å²) >= 11 is 0. The van der Waals surface area contributed by atoms with Crippen molar-refractivity contribution >= 4 is 17.8 Å². The summed E-state index contributed by atoms with van der Waals surface area (Å²) in [7, 11) is 0. The molecule has 8 heteroatoms. The van der Waals surface area contributed by atoms with E-state index < -0.39 is 5.97 Å². The van der Waals surface area contributed by atoms with E-state index >= 15 is 0 Å². The number of aliphatic carboxylic acids is 1. The van der Waals surface area contributed by atoms with Crippen molar-refractivity contribution in [3.63, 3.8) is 0 Å². The minimum absolute atomic E-state index is 0. The van der Waals surface area contributed by atoms with Gasteiger partial charge in [-0.3, -0.25) is 14.4 Å². The number of unbranched alkanes of at least 4 members (excludes halogenated alkanes) is 2. The summed E-state index contributed by atoms with van der Waals surface area (Å²) in [5.74, 6) is -1.43. The first kappa shape index (κ1) is 24.2. The Hall–Kier alpha value is 0.175. The number of amides is 2. The molecule has 0 spiro atoms. The molecule has 1 aliphatic heterocycles. The van der Waals surface area contributed by atoms with Crippen molar-refractivity contribution in [2.24, 2.45) is 0 Å². The second kappa shape index (κ2) is 14.4. The van der Waals surface area contributed by atoms with Crippen molar-refractivity contribution in [1.29, 1.82) is 0 Å². The van der Waals surface area contributed by atoms with Gasteiger partial charge in [0.25, 0.3) is 0 Å². The Kier molecular flexibility index (Phi) is 14.5. The summed E-state index contributed by atoms with van der Waals surface area (Å²) in [5.41, 5.74) is 0. The molecule has 2 N–H and O–H groups in total. The van der Waals surface area contributed by atoms with Gasteiger partial charge in [0.15, 0.2) is 0 Å². The topological polar surface area (TPSA) is 101 Å². The van der Waals surface area contributed by atoms with E-state index in [2.05, 4.69) is 17.6 Å². The normalized spacial score (nSPS) is 14.5. The average Bonchev–Trinajstić information content (AvgIpc) is 2.55. The van der Waals surface area contributed by atoms with Crippen LogP contribution in [0, 0.1) is 0 Å².